The molecule has 212 valence electrons. The monoisotopic (exact) mass is 576 g/mol. The van der Waals surface area contributed by atoms with Crippen LogP contribution in [0.25, 0.3) is 0 Å². The van der Waals surface area contributed by atoms with Gasteiger partial charge in [-0.05, 0) is 57.0 Å². The number of anilines is 1. The van der Waals surface area contributed by atoms with Crippen LogP contribution in [-0.2, 0) is 11.0 Å². The molecule has 40 heavy (non-hydrogen) atoms. The van der Waals surface area contributed by atoms with E-state index in [0.717, 1.165) is 34.3 Å². The average Bonchev–Trinajstić information content (AvgIpc) is 2.86. The van der Waals surface area contributed by atoms with Gasteiger partial charge in [-0.25, -0.2) is 14.5 Å². The molecular weight excluding hydrogens is 549 g/mol. The van der Waals surface area contributed by atoms with Gasteiger partial charge < -0.3 is 5.32 Å². The molecule has 0 spiro atoms. The Balaban J connectivity index is 2.05. The Morgan fingerprint density at radius 3 is 2.45 bits per heavy atom. The molecule has 9 nitrogen and oxygen atoms in total. The average molecular weight is 577 g/mol. The standard InChI is InChI=1S/C27H27F3N4O5S/c1-15(2)32-25(36)34-24(19-11-10-16(14-31)12-22(19)40(3,38)39)23-20(8-5-9-21(23)35)33(26(34)37)18-7-4-6-17(13-18)27(28,29)30/h4,6-7,10-13,15,24,38-39H,5,8-9H2,1-3H3,(H,32,36)/t24-/m1/s1. The van der Waals surface area contributed by atoms with Crippen molar-refractivity contribution >= 4 is 34.1 Å². The lowest BCUT2D eigenvalue weighted by Crippen LogP contribution is -2.57. The van der Waals surface area contributed by atoms with Crippen molar-refractivity contribution in [1.82, 2.24) is 10.2 Å². The topological polar surface area (TPSA) is 134 Å². The Morgan fingerprint density at radius 1 is 1.15 bits per heavy atom. The fourth-order valence-electron chi connectivity index (χ4n) is 4.92. The van der Waals surface area contributed by atoms with Gasteiger partial charge in [0.15, 0.2) is 5.78 Å². The largest absolute Gasteiger partial charge is 0.416 e. The number of Topliss-reactive ketones (excluding diaryl/α,β-unsaturated/α-hetero) is 1. The van der Waals surface area contributed by atoms with Crippen LogP contribution in [0.1, 0.15) is 55.8 Å². The second-order valence-electron chi connectivity index (χ2n) is 9.88. The molecular formula is C27H27F3N4O5S. The summed E-state index contributed by atoms with van der Waals surface area (Å²) in [5.41, 5.74) is -0.964. The summed E-state index contributed by atoms with van der Waals surface area (Å²) in [5, 5.41) is 12.0. The maximum Gasteiger partial charge on any atom is 0.416 e. The number of urea groups is 2. The molecule has 0 saturated carbocycles. The molecule has 0 radical (unpaired) electrons. The maximum absolute atomic E-state index is 14.1. The lowest BCUT2D eigenvalue weighted by atomic mass is 9.83. The Morgan fingerprint density at radius 2 is 1.85 bits per heavy atom. The summed E-state index contributed by atoms with van der Waals surface area (Å²) in [7, 11) is -3.54. The predicted molar refractivity (Wildman–Crippen MR) is 142 cm³/mol. The van der Waals surface area contributed by atoms with Crippen molar-refractivity contribution in [1.29, 1.82) is 5.26 Å². The molecule has 0 aromatic heterocycles. The molecule has 1 aliphatic heterocycles. The van der Waals surface area contributed by atoms with Gasteiger partial charge in [0.25, 0.3) is 0 Å². The van der Waals surface area contributed by atoms with E-state index >= 15 is 0 Å². The molecule has 0 saturated heterocycles. The lowest BCUT2D eigenvalue weighted by Gasteiger charge is -2.45. The number of carbonyl (C=O) groups excluding carboxylic acids is 3. The molecule has 2 aliphatic rings. The summed E-state index contributed by atoms with van der Waals surface area (Å²) < 4.78 is 62.0. The second-order valence-corrected chi connectivity index (χ2v) is 12.0. The van der Waals surface area contributed by atoms with Crippen LogP contribution < -0.4 is 10.2 Å². The van der Waals surface area contributed by atoms with Gasteiger partial charge in [0, 0.05) is 35.6 Å². The van der Waals surface area contributed by atoms with Gasteiger partial charge in [-0.3, -0.25) is 18.8 Å². The molecule has 0 bridgehead atoms. The van der Waals surface area contributed by atoms with Gasteiger partial charge in [-0.15, -0.1) is 0 Å². The maximum atomic E-state index is 14.1. The van der Waals surface area contributed by atoms with E-state index in [-0.39, 0.29) is 45.8 Å². The van der Waals surface area contributed by atoms with Crippen LogP contribution in [0.15, 0.2) is 58.6 Å². The van der Waals surface area contributed by atoms with E-state index in [1.165, 1.54) is 24.3 Å². The van der Waals surface area contributed by atoms with Crippen molar-refractivity contribution in [3.63, 3.8) is 0 Å². The molecule has 4 rings (SSSR count). The highest BCUT2D eigenvalue weighted by molar-refractivity contribution is 8.23. The molecule has 4 amide bonds. The van der Waals surface area contributed by atoms with E-state index < -0.39 is 52.3 Å². The van der Waals surface area contributed by atoms with Crippen molar-refractivity contribution in [2.24, 2.45) is 0 Å². The number of ketones is 1. The van der Waals surface area contributed by atoms with E-state index in [1.807, 2.05) is 6.07 Å². The van der Waals surface area contributed by atoms with E-state index in [4.69, 9.17) is 0 Å². The van der Waals surface area contributed by atoms with E-state index in [2.05, 4.69) is 5.32 Å². The first-order valence-corrected chi connectivity index (χ1v) is 14.2. The number of rotatable bonds is 4. The number of nitrogens with one attached hydrogen (secondary N) is 1. The van der Waals surface area contributed by atoms with Crippen molar-refractivity contribution < 1.29 is 36.7 Å². The van der Waals surface area contributed by atoms with Crippen LogP contribution in [0.2, 0.25) is 0 Å². The van der Waals surface area contributed by atoms with Crippen LogP contribution >= 0.6 is 10.6 Å². The Hall–Kier alpha value is -3.86. The number of nitriles is 1. The lowest BCUT2D eigenvalue weighted by molar-refractivity contribution is -0.137. The summed E-state index contributed by atoms with van der Waals surface area (Å²) in [5.74, 6) is -0.444. The number of hydrogen-bond acceptors (Lipinski definition) is 6. The molecule has 1 atom stereocenters. The number of alkyl halides is 3. The molecule has 0 unspecified atom stereocenters. The highest BCUT2D eigenvalue weighted by atomic mass is 32.3. The summed E-state index contributed by atoms with van der Waals surface area (Å²) in [6, 6.07) is 6.03. The fourth-order valence-corrected chi connectivity index (χ4v) is 5.90. The third-order valence-electron chi connectivity index (χ3n) is 6.54. The number of halogens is 3. The molecule has 2 aromatic rings. The van der Waals surface area contributed by atoms with Crippen molar-refractivity contribution in [3.05, 3.63) is 70.4 Å². The Bertz CT molecular complexity index is 1460. The summed E-state index contributed by atoms with van der Waals surface area (Å²) in [6.45, 7) is 3.27. The number of carbonyl (C=O) groups is 3. The smallest absolute Gasteiger partial charge is 0.335 e. The summed E-state index contributed by atoms with van der Waals surface area (Å²) in [6.07, 6.45) is -3.09. The second kappa shape index (κ2) is 10.6. The molecule has 13 heteroatoms. The quantitative estimate of drug-likeness (QED) is 0.384. The Labute approximate surface area is 230 Å². The first-order valence-electron chi connectivity index (χ1n) is 12.3. The van der Waals surface area contributed by atoms with Gasteiger partial charge in [0.1, 0.15) is 6.04 Å². The van der Waals surface area contributed by atoms with Crippen LogP contribution in [0, 0.1) is 11.3 Å². The van der Waals surface area contributed by atoms with E-state index in [9.17, 15) is 41.9 Å². The highest BCUT2D eigenvalue weighted by Crippen LogP contribution is 2.52. The molecule has 3 N–H and O–H groups in total. The van der Waals surface area contributed by atoms with Gasteiger partial charge in [-0.1, -0.05) is 12.1 Å². The SMILES string of the molecule is CC(C)NC(=O)N1C(=O)N(c2cccc(C(F)(F)F)c2)C2=C(C(=O)CCC2)[C@H]1c1ccc(C#N)cc1S(C)(O)O. The number of amides is 4. The van der Waals surface area contributed by atoms with E-state index in [1.54, 1.807) is 13.8 Å². The molecule has 1 heterocycles. The Kier molecular flexibility index (Phi) is 7.72. The minimum Gasteiger partial charge on any atom is -0.335 e. The number of nitrogens with zero attached hydrogens (tertiary/aromatic N) is 3. The zero-order chi connectivity index (χ0) is 29.6. The normalized spacial score (nSPS) is 18.6. The number of imide groups is 1. The van der Waals surface area contributed by atoms with Gasteiger partial charge in [0.2, 0.25) is 0 Å². The molecule has 1 aliphatic carbocycles. The molecule has 0 fully saturated rings. The van der Waals surface area contributed by atoms with Gasteiger partial charge in [-0.2, -0.15) is 29.0 Å². The van der Waals surface area contributed by atoms with Crippen LogP contribution in [0.4, 0.5) is 28.4 Å². The van der Waals surface area contributed by atoms with Crippen molar-refractivity contribution in [2.45, 2.75) is 56.3 Å². The predicted octanol–water partition coefficient (Wildman–Crippen LogP) is 6.42. The van der Waals surface area contributed by atoms with Crippen LogP contribution in [-0.4, -0.2) is 44.1 Å². The van der Waals surface area contributed by atoms with E-state index in [0.29, 0.717) is 6.42 Å². The number of benzene rings is 2. The third kappa shape index (κ3) is 5.42. The minimum atomic E-state index is -4.71. The highest BCUT2D eigenvalue weighted by Gasteiger charge is 2.48. The minimum absolute atomic E-state index is 0.0169. The summed E-state index contributed by atoms with van der Waals surface area (Å²) in [4.78, 5) is 42.7. The zero-order valence-corrected chi connectivity index (χ0v) is 22.6. The van der Waals surface area contributed by atoms with Crippen molar-refractivity contribution in [2.75, 3.05) is 11.2 Å². The van der Waals surface area contributed by atoms with Crippen LogP contribution in [0.5, 0.6) is 0 Å². The van der Waals surface area contributed by atoms with Gasteiger partial charge >= 0.3 is 18.2 Å². The first kappa shape index (κ1) is 29.1. The third-order valence-corrected chi connectivity index (χ3v) is 7.73. The first-order chi connectivity index (χ1) is 18.6. The summed E-state index contributed by atoms with van der Waals surface area (Å²) >= 11 is 0. The number of allylic oxidation sites excluding steroid dienone is 1. The van der Waals surface area contributed by atoms with Crippen LogP contribution in [0.3, 0.4) is 0 Å². The zero-order valence-electron chi connectivity index (χ0n) is 21.8. The van der Waals surface area contributed by atoms with Gasteiger partial charge in [0.05, 0.1) is 27.8 Å². The number of hydrogen-bond donors (Lipinski definition) is 3. The van der Waals surface area contributed by atoms with Crippen molar-refractivity contribution in [3.8, 4) is 6.07 Å². The molecule has 2 aromatic carbocycles. The fraction of sp³-hybridized carbons (Fsp3) is 0.333.